The van der Waals surface area contributed by atoms with Crippen LogP contribution in [0.4, 0.5) is 5.95 Å². The molecule has 3 N–H and O–H groups in total. The number of carbonyl (C=O) groups excluding carboxylic acids is 2. The number of nitrogens with zero attached hydrogens (tertiary/aromatic N) is 5. The van der Waals surface area contributed by atoms with Gasteiger partial charge in [-0.15, -0.1) is 10.2 Å². The van der Waals surface area contributed by atoms with E-state index in [2.05, 4.69) is 30.7 Å². The number of ether oxygens (including phenoxy) is 3. The molecule has 0 radical (unpaired) electrons. The molecule has 2 aromatic heterocycles. The Bertz CT molecular complexity index is 1210. The molecule has 0 amide bonds. The third kappa shape index (κ3) is 4.15. The Morgan fingerprint density at radius 3 is 2.60 bits per heavy atom. The summed E-state index contributed by atoms with van der Waals surface area (Å²) >= 11 is 0. The zero-order valence-corrected chi connectivity index (χ0v) is 18.8. The second kappa shape index (κ2) is 9.27. The van der Waals surface area contributed by atoms with Crippen LogP contribution >= 0.6 is 0 Å². The Hall–Kier alpha value is -4.10. The second-order valence-corrected chi connectivity index (χ2v) is 8.26. The Morgan fingerprint density at radius 1 is 1.17 bits per heavy atom. The molecule has 2 aliphatic rings. The first-order valence-corrected chi connectivity index (χ1v) is 10.9. The maximum atomic E-state index is 11.3. The molecule has 5 rings (SSSR count). The highest BCUT2D eigenvalue weighted by Crippen LogP contribution is 2.49. The van der Waals surface area contributed by atoms with E-state index in [-0.39, 0.29) is 58.7 Å². The van der Waals surface area contributed by atoms with E-state index >= 15 is 0 Å². The molecule has 1 aromatic carbocycles. The molecule has 3 heterocycles. The maximum Gasteiger partial charge on any atom is 0.298 e. The molecule has 182 valence electrons. The lowest BCUT2D eigenvalue weighted by molar-refractivity contribution is -0.123. The van der Waals surface area contributed by atoms with Crippen molar-refractivity contribution in [2.24, 2.45) is 0 Å². The lowest BCUT2D eigenvalue weighted by Crippen LogP contribution is -2.57. The van der Waals surface area contributed by atoms with Gasteiger partial charge in [-0.25, -0.2) is 4.98 Å². The van der Waals surface area contributed by atoms with Gasteiger partial charge in [0.25, 0.3) is 12.9 Å². The van der Waals surface area contributed by atoms with Crippen LogP contribution in [0, 0.1) is 0 Å². The van der Waals surface area contributed by atoms with E-state index in [1.165, 1.54) is 24.7 Å². The van der Waals surface area contributed by atoms with E-state index in [4.69, 9.17) is 14.2 Å². The number of piperazine rings is 1. The first-order valence-electron chi connectivity index (χ1n) is 10.9. The predicted molar refractivity (Wildman–Crippen MR) is 121 cm³/mol. The molecule has 1 aliphatic heterocycles. The number of anilines is 1. The molecule has 0 bridgehead atoms. The van der Waals surface area contributed by atoms with Crippen LogP contribution in [0.15, 0.2) is 24.7 Å². The van der Waals surface area contributed by atoms with Gasteiger partial charge in [0, 0.05) is 44.1 Å². The minimum atomic E-state index is -0.279. The van der Waals surface area contributed by atoms with Gasteiger partial charge in [0.05, 0.1) is 29.6 Å². The van der Waals surface area contributed by atoms with Crippen LogP contribution in [0.5, 0.6) is 17.2 Å². The summed E-state index contributed by atoms with van der Waals surface area (Å²) < 4.78 is 16.0. The average molecular weight is 481 g/mol. The fraction of sp³-hybridized carbons (Fsp3) is 0.364. The minimum absolute atomic E-state index is 0.00208. The summed E-state index contributed by atoms with van der Waals surface area (Å²) in [7, 11) is 1.73. The molecule has 1 atom stereocenters. The highest BCUT2D eigenvalue weighted by atomic mass is 16.6. The summed E-state index contributed by atoms with van der Waals surface area (Å²) in [6, 6.07) is 1.51. The van der Waals surface area contributed by atoms with E-state index in [0.717, 1.165) is 19.4 Å². The number of aromatic hydroxyl groups is 1. The zero-order valence-electron chi connectivity index (χ0n) is 18.8. The summed E-state index contributed by atoms with van der Waals surface area (Å²) in [6.07, 6.45) is 6.42. The number of aromatic nitrogens is 5. The van der Waals surface area contributed by atoms with Crippen LogP contribution in [-0.4, -0.2) is 81.8 Å². The zero-order chi connectivity index (χ0) is 24.4. The Morgan fingerprint density at radius 2 is 1.97 bits per heavy atom. The summed E-state index contributed by atoms with van der Waals surface area (Å²) in [4.78, 5) is 29.0. The smallest absolute Gasteiger partial charge is 0.298 e. The van der Waals surface area contributed by atoms with Crippen LogP contribution in [0.1, 0.15) is 12.8 Å². The van der Waals surface area contributed by atoms with Crippen molar-refractivity contribution in [1.29, 1.82) is 0 Å². The number of phenols is 1. The monoisotopic (exact) mass is 481 g/mol. The Labute approximate surface area is 199 Å². The molecule has 13 nitrogen and oxygen atoms in total. The van der Waals surface area contributed by atoms with Crippen molar-refractivity contribution in [2.45, 2.75) is 24.5 Å². The molecule has 0 spiro atoms. The maximum absolute atomic E-state index is 11.3. The number of nitrogens with one attached hydrogen (secondary N) is 2. The van der Waals surface area contributed by atoms with Gasteiger partial charge >= 0.3 is 0 Å². The van der Waals surface area contributed by atoms with Crippen molar-refractivity contribution < 1.29 is 28.9 Å². The number of methoxy groups -OCH3 is 1. The molecule has 1 aliphatic carbocycles. The van der Waals surface area contributed by atoms with E-state index in [0.29, 0.717) is 24.6 Å². The number of aromatic amines is 1. The largest absolute Gasteiger partial charge is 0.507 e. The molecule has 1 unspecified atom stereocenters. The van der Waals surface area contributed by atoms with Gasteiger partial charge in [-0.05, 0) is 18.9 Å². The van der Waals surface area contributed by atoms with Gasteiger partial charge in [0.1, 0.15) is 11.4 Å². The van der Waals surface area contributed by atoms with E-state index in [1.54, 1.807) is 7.11 Å². The van der Waals surface area contributed by atoms with Gasteiger partial charge in [0.2, 0.25) is 5.95 Å². The first-order chi connectivity index (χ1) is 17.1. The summed E-state index contributed by atoms with van der Waals surface area (Å²) in [5.41, 5.74) is 0.754. The Balaban J connectivity index is 1.49. The van der Waals surface area contributed by atoms with Gasteiger partial charge in [-0.1, -0.05) is 0 Å². The quantitative estimate of drug-likeness (QED) is 0.366. The number of H-pyrrole nitrogens is 1. The van der Waals surface area contributed by atoms with Crippen LogP contribution in [0.2, 0.25) is 0 Å². The topological polar surface area (TPSA) is 165 Å². The van der Waals surface area contributed by atoms with Crippen LogP contribution in [-0.2, 0) is 14.3 Å². The lowest BCUT2D eigenvalue weighted by Gasteiger charge is -2.37. The molecular weight excluding hydrogens is 458 g/mol. The second-order valence-electron chi connectivity index (χ2n) is 8.26. The van der Waals surface area contributed by atoms with Crippen molar-refractivity contribution in [3.05, 3.63) is 24.7 Å². The standard InChI is InChI=1S/C22H23N7O6/c1-33-22(2-3-22)17-10-29(5-4-23-17)21-24-9-15(27-28-21)18-16(32)6-14(13-7-25-26-8-13)19(34-11-30)20(18)35-12-31/h6-9,11-12,17,23,32H,2-5,10H2,1H3,(H,25,26). The van der Waals surface area contributed by atoms with Crippen LogP contribution < -0.4 is 19.7 Å². The highest BCUT2D eigenvalue weighted by Gasteiger charge is 2.51. The minimum Gasteiger partial charge on any atom is -0.507 e. The first kappa shape index (κ1) is 22.7. The lowest BCUT2D eigenvalue weighted by atomic mass is 10.0. The molecule has 3 aromatic rings. The summed E-state index contributed by atoms with van der Waals surface area (Å²) in [5.74, 6) is -0.154. The number of benzene rings is 1. The number of rotatable bonds is 9. The number of hydrogen-bond donors (Lipinski definition) is 3. The van der Waals surface area contributed by atoms with Crippen molar-refractivity contribution in [2.75, 3.05) is 31.6 Å². The average Bonchev–Trinajstić information content (AvgIpc) is 3.50. The summed E-state index contributed by atoms with van der Waals surface area (Å²) in [6.45, 7) is 2.46. The number of carbonyl (C=O) groups is 2. The normalized spacial score (nSPS) is 18.7. The third-order valence-electron chi connectivity index (χ3n) is 6.40. The van der Waals surface area contributed by atoms with Gasteiger partial charge < -0.3 is 29.5 Å². The third-order valence-corrected chi connectivity index (χ3v) is 6.40. The fourth-order valence-corrected chi connectivity index (χ4v) is 4.44. The van der Waals surface area contributed by atoms with Gasteiger partial charge in [-0.2, -0.15) is 5.10 Å². The molecule has 2 fully saturated rings. The van der Waals surface area contributed by atoms with Crippen molar-refractivity contribution in [3.63, 3.8) is 0 Å². The molecule has 35 heavy (non-hydrogen) atoms. The highest BCUT2D eigenvalue weighted by molar-refractivity contribution is 5.87. The van der Waals surface area contributed by atoms with E-state index < -0.39 is 0 Å². The van der Waals surface area contributed by atoms with E-state index in [1.807, 2.05) is 4.90 Å². The predicted octanol–water partition coefficient (Wildman–Crippen LogP) is 0.662. The molecule has 1 saturated carbocycles. The van der Waals surface area contributed by atoms with Gasteiger partial charge in [-0.3, -0.25) is 14.7 Å². The van der Waals surface area contributed by atoms with E-state index in [9.17, 15) is 14.7 Å². The van der Waals surface area contributed by atoms with Crippen LogP contribution in [0.3, 0.4) is 0 Å². The van der Waals surface area contributed by atoms with Crippen molar-refractivity contribution >= 4 is 18.9 Å². The SMILES string of the molecule is COC1(C2CN(c3ncc(-c4c(O)cc(-c5cn[nH]c5)c(OC=O)c4OC=O)nn3)CCN2)CC1. The van der Waals surface area contributed by atoms with Crippen molar-refractivity contribution in [3.8, 4) is 39.6 Å². The fourth-order valence-electron chi connectivity index (χ4n) is 4.44. The number of phenolic OH excluding ortho intramolecular Hbond substituents is 1. The van der Waals surface area contributed by atoms with Crippen LogP contribution in [0.25, 0.3) is 22.4 Å². The number of hydrogen-bond acceptors (Lipinski definition) is 12. The Kier molecular flexibility index (Phi) is 6.01. The van der Waals surface area contributed by atoms with Crippen molar-refractivity contribution in [1.82, 2.24) is 30.7 Å². The molecule has 1 saturated heterocycles. The van der Waals surface area contributed by atoms with Gasteiger partial charge in [0.15, 0.2) is 11.5 Å². The molecular formula is C22H23N7O6. The summed E-state index contributed by atoms with van der Waals surface area (Å²) in [5, 5.41) is 29.3. The molecule has 13 heteroatoms.